The Labute approximate surface area is 332 Å². The molecule has 276 valence electrons. The monoisotopic (exact) mass is 764 g/mol. The van der Waals surface area contributed by atoms with Crippen LogP contribution in [0, 0.1) is 13.8 Å². The lowest BCUT2D eigenvalue weighted by atomic mass is 10.0. The van der Waals surface area contributed by atoms with E-state index in [1.54, 1.807) is 35.5 Å². The lowest BCUT2D eigenvalue weighted by molar-refractivity contribution is 0.0991. The van der Waals surface area contributed by atoms with Gasteiger partial charge in [-0.1, -0.05) is 35.9 Å². The number of halogens is 1. The van der Waals surface area contributed by atoms with Gasteiger partial charge in [0.25, 0.3) is 5.91 Å². The molecule has 7 aromatic rings. The number of pyridine rings is 2. The maximum absolute atomic E-state index is 14.7. The number of carbonyl (C=O) groups is 2. The first-order valence-electron chi connectivity index (χ1n) is 18.2. The minimum atomic E-state index is -0.549. The zero-order valence-corrected chi connectivity index (χ0v) is 31.5. The highest BCUT2D eigenvalue weighted by atomic mass is 35.5. The molecule has 9 rings (SSSR count). The first kappa shape index (κ1) is 35.3. The summed E-state index contributed by atoms with van der Waals surface area (Å²) in [5.41, 5.74) is 18.1. The van der Waals surface area contributed by atoms with Gasteiger partial charge in [0.2, 0.25) is 5.91 Å². The van der Waals surface area contributed by atoms with Gasteiger partial charge in [-0.15, -0.1) is 0 Å². The van der Waals surface area contributed by atoms with E-state index < -0.39 is 5.91 Å². The Morgan fingerprint density at radius 3 is 1.91 bits per heavy atom. The van der Waals surface area contributed by atoms with Gasteiger partial charge >= 0.3 is 0 Å². The van der Waals surface area contributed by atoms with Crippen LogP contribution in [-0.4, -0.2) is 41.7 Å². The Balaban J connectivity index is 1.30. The fourth-order valence-corrected chi connectivity index (χ4v) is 7.47. The normalized spacial score (nSPS) is 11.8. The van der Waals surface area contributed by atoms with Crippen molar-refractivity contribution < 1.29 is 9.59 Å². The van der Waals surface area contributed by atoms with E-state index >= 15 is 0 Å². The quantitative estimate of drug-likeness (QED) is 0.154. The molecule has 10 nitrogen and oxygen atoms in total. The summed E-state index contributed by atoms with van der Waals surface area (Å²) in [4.78, 5) is 54.6. The molecule has 11 heteroatoms. The van der Waals surface area contributed by atoms with Crippen LogP contribution < -0.4 is 10.6 Å². The van der Waals surface area contributed by atoms with E-state index in [9.17, 15) is 9.59 Å². The third-order valence-corrected chi connectivity index (χ3v) is 10.1. The first-order chi connectivity index (χ1) is 27.7. The Hall–Kier alpha value is -7.43. The summed E-state index contributed by atoms with van der Waals surface area (Å²) in [6.45, 7) is 3.79. The van der Waals surface area contributed by atoms with E-state index in [1.807, 2.05) is 123 Å². The molecule has 2 amide bonds. The van der Waals surface area contributed by atoms with Crippen molar-refractivity contribution in [3.05, 3.63) is 166 Å². The summed E-state index contributed by atoms with van der Waals surface area (Å²) in [5, 5.41) is 0.468. The van der Waals surface area contributed by atoms with Crippen molar-refractivity contribution in [2.45, 2.75) is 13.8 Å². The minimum absolute atomic E-state index is 0.226. The number of anilines is 2. The number of primary amides is 1. The molecule has 0 atom stereocenters. The van der Waals surface area contributed by atoms with Crippen LogP contribution in [0.1, 0.15) is 54.9 Å². The fourth-order valence-electron chi connectivity index (χ4n) is 7.21. The van der Waals surface area contributed by atoms with Gasteiger partial charge in [0.1, 0.15) is 0 Å². The summed E-state index contributed by atoms with van der Waals surface area (Å²) < 4.78 is 0. The number of aromatic amines is 2. The number of nitrogens with two attached hydrogens (primary N) is 1. The van der Waals surface area contributed by atoms with E-state index in [-0.39, 0.29) is 5.91 Å². The van der Waals surface area contributed by atoms with Crippen molar-refractivity contribution in [3.8, 4) is 22.3 Å². The van der Waals surface area contributed by atoms with Crippen LogP contribution >= 0.6 is 11.6 Å². The van der Waals surface area contributed by atoms with Gasteiger partial charge in [-0.2, -0.15) is 0 Å². The van der Waals surface area contributed by atoms with Crippen LogP contribution in [0.25, 0.3) is 68.6 Å². The zero-order valence-electron chi connectivity index (χ0n) is 30.8. The third-order valence-electron chi connectivity index (χ3n) is 9.77. The summed E-state index contributed by atoms with van der Waals surface area (Å²) in [7, 11) is 0. The van der Waals surface area contributed by atoms with Gasteiger partial charge in [-0.05, 0) is 128 Å². The summed E-state index contributed by atoms with van der Waals surface area (Å²) in [6, 6.07) is 31.8. The minimum Gasteiger partial charge on any atom is -0.366 e. The number of nitrogens with one attached hydrogen (secondary N) is 2. The smallest absolute Gasteiger partial charge is 0.262 e. The molecule has 57 heavy (non-hydrogen) atoms. The van der Waals surface area contributed by atoms with Crippen LogP contribution in [0.2, 0.25) is 5.02 Å². The number of hydrogen-bond acceptors (Lipinski definition) is 6. The van der Waals surface area contributed by atoms with Crippen molar-refractivity contribution in [2.24, 2.45) is 5.73 Å². The maximum atomic E-state index is 14.7. The molecule has 7 heterocycles. The molecular weight excluding hydrogens is 732 g/mol. The Bertz CT molecular complexity index is 2990. The molecule has 2 aliphatic heterocycles. The molecule has 8 bridgehead atoms. The highest BCUT2D eigenvalue weighted by molar-refractivity contribution is 6.35. The second kappa shape index (κ2) is 14.3. The standard InChI is InChI=1S/C46H33ClN8O2/c1-26-19-36(15-17-49-26)55(37-16-18-50-27(2)20-37)46(57)31-8-4-5-28(22-31)42-39-12-11-34(52-39)23-32-9-10-33(51-32)24-35-25-38(47)44(53-35)43(41-14-13-40(42)54-41)29-6-3-7-30(21-29)45(48)56/h3-25,52-53H,1-2H3,(H2,48,56). The fraction of sp³-hybridized carbons (Fsp3) is 0.0435. The van der Waals surface area contributed by atoms with Crippen molar-refractivity contribution >= 4 is 81.2 Å². The van der Waals surface area contributed by atoms with Crippen LogP contribution in [0.15, 0.2) is 116 Å². The number of aryl methyl sites for hydroxylation is 2. The molecule has 2 aromatic carbocycles. The molecule has 0 saturated carbocycles. The average molecular weight is 765 g/mol. The molecule has 0 radical (unpaired) electrons. The molecule has 0 spiro atoms. The Morgan fingerprint density at radius 1 is 0.632 bits per heavy atom. The molecule has 5 aromatic heterocycles. The van der Waals surface area contributed by atoms with E-state index in [0.717, 1.165) is 50.5 Å². The zero-order chi connectivity index (χ0) is 39.2. The predicted octanol–water partition coefficient (Wildman–Crippen LogP) is 10.1. The van der Waals surface area contributed by atoms with E-state index in [2.05, 4.69) is 19.9 Å². The number of aromatic nitrogens is 6. The number of nitrogens with zero attached hydrogens (tertiary/aromatic N) is 5. The average Bonchev–Trinajstić information content (AvgIpc) is 4.02. The van der Waals surface area contributed by atoms with Gasteiger partial charge < -0.3 is 15.7 Å². The summed E-state index contributed by atoms with van der Waals surface area (Å²) in [5.74, 6) is -0.775. The maximum Gasteiger partial charge on any atom is 0.262 e. The second-order valence-electron chi connectivity index (χ2n) is 13.8. The summed E-state index contributed by atoms with van der Waals surface area (Å²) >= 11 is 6.98. The van der Waals surface area contributed by atoms with Crippen molar-refractivity contribution in [3.63, 3.8) is 0 Å². The van der Waals surface area contributed by atoms with E-state index in [1.165, 1.54) is 0 Å². The number of rotatable bonds is 6. The number of H-pyrrole nitrogens is 2. The van der Waals surface area contributed by atoms with Gasteiger partial charge in [0, 0.05) is 62.6 Å². The SMILES string of the molecule is Cc1cc(N(C(=O)c2cccc(-c3c4nc(c(-c5cccc(C(N)=O)c5)c5[nH]c(cc6nc(cc7ccc3[nH]7)C=C6)cc5Cl)C=C4)c2)c2ccnc(C)c2)ccn1. The topological polar surface area (TPSA) is 147 Å². The predicted molar refractivity (Wildman–Crippen MR) is 228 cm³/mol. The molecule has 0 fully saturated rings. The number of hydrogen-bond donors (Lipinski definition) is 3. The highest BCUT2D eigenvalue weighted by Gasteiger charge is 2.23. The molecule has 2 aliphatic rings. The number of fused-ring (bicyclic) bond motifs is 8. The molecular formula is C46H33ClN8O2. The van der Waals surface area contributed by atoms with Gasteiger partial charge in [0.05, 0.1) is 44.7 Å². The number of amides is 2. The lowest BCUT2D eigenvalue weighted by Gasteiger charge is -2.24. The molecule has 4 N–H and O–H groups in total. The van der Waals surface area contributed by atoms with Crippen LogP contribution in [0.3, 0.4) is 0 Å². The highest BCUT2D eigenvalue weighted by Crippen LogP contribution is 2.37. The van der Waals surface area contributed by atoms with Crippen LogP contribution in [-0.2, 0) is 0 Å². The lowest BCUT2D eigenvalue weighted by Crippen LogP contribution is -2.26. The first-order valence-corrected chi connectivity index (χ1v) is 18.5. The third kappa shape index (κ3) is 6.90. The van der Waals surface area contributed by atoms with Crippen LogP contribution in [0.4, 0.5) is 11.4 Å². The second-order valence-corrected chi connectivity index (χ2v) is 14.2. The Morgan fingerprint density at radius 2 is 1.25 bits per heavy atom. The Kier molecular flexibility index (Phi) is 8.87. The largest absolute Gasteiger partial charge is 0.366 e. The van der Waals surface area contributed by atoms with Crippen LogP contribution in [0.5, 0.6) is 0 Å². The molecule has 0 aliphatic carbocycles. The van der Waals surface area contributed by atoms with Crippen molar-refractivity contribution in [1.82, 2.24) is 29.9 Å². The number of benzene rings is 2. The van der Waals surface area contributed by atoms with Gasteiger partial charge in [-0.3, -0.25) is 24.5 Å². The molecule has 0 saturated heterocycles. The van der Waals surface area contributed by atoms with Crippen molar-refractivity contribution in [1.29, 1.82) is 0 Å². The van der Waals surface area contributed by atoms with E-state index in [0.29, 0.717) is 55.6 Å². The van der Waals surface area contributed by atoms with E-state index in [4.69, 9.17) is 27.3 Å². The van der Waals surface area contributed by atoms with Crippen molar-refractivity contribution in [2.75, 3.05) is 4.90 Å². The van der Waals surface area contributed by atoms with Gasteiger partial charge in [0.15, 0.2) is 0 Å². The van der Waals surface area contributed by atoms with Gasteiger partial charge in [-0.25, -0.2) is 9.97 Å². The molecule has 0 unspecified atom stereocenters. The summed E-state index contributed by atoms with van der Waals surface area (Å²) in [6.07, 6.45) is 11.2. The number of carbonyl (C=O) groups excluding carboxylic acids is 2.